The van der Waals surface area contributed by atoms with Gasteiger partial charge in [0.25, 0.3) is 0 Å². The molecule has 1 aliphatic rings. The molecule has 18 heavy (non-hydrogen) atoms. The average molecular weight is 269 g/mol. The molecule has 0 spiro atoms. The predicted octanol–water partition coefficient (Wildman–Crippen LogP) is 2.45. The van der Waals surface area contributed by atoms with Crippen molar-refractivity contribution in [3.63, 3.8) is 0 Å². The highest BCUT2D eigenvalue weighted by Gasteiger charge is 2.33. The smallest absolute Gasteiger partial charge is 0.175 e. The van der Waals surface area contributed by atoms with Gasteiger partial charge in [0, 0.05) is 6.26 Å². The van der Waals surface area contributed by atoms with Crippen molar-refractivity contribution in [2.75, 3.05) is 18.1 Å². The number of ether oxygens (including phenoxy) is 1. The monoisotopic (exact) mass is 269 g/mol. The van der Waals surface area contributed by atoms with Crippen LogP contribution in [0.3, 0.4) is 0 Å². The molecule has 0 unspecified atom stereocenters. The first kappa shape index (κ1) is 13.2. The lowest BCUT2D eigenvalue weighted by Crippen LogP contribution is -2.44. The molecule has 0 fully saturated rings. The van der Waals surface area contributed by atoms with Crippen LogP contribution in [0, 0.1) is 0 Å². The van der Waals surface area contributed by atoms with Gasteiger partial charge in [-0.15, -0.1) is 0 Å². The second-order valence-electron chi connectivity index (χ2n) is 4.78. The summed E-state index contributed by atoms with van der Waals surface area (Å²) < 4.78 is 29.0. The lowest BCUT2D eigenvalue weighted by Gasteiger charge is -2.38. The molecule has 2 rings (SSSR count). The van der Waals surface area contributed by atoms with E-state index in [1.54, 1.807) is 18.2 Å². The van der Waals surface area contributed by atoms with Crippen LogP contribution >= 0.6 is 0 Å². The van der Waals surface area contributed by atoms with E-state index in [0.29, 0.717) is 11.4 Å². The number of hydrogen-bond donors (Lipinski definition) is 1. The van der Waals surface area contributed by atoms with Crippen molar-refractivity contribution in [3.8, 4) is 5.75 Å². The van der Waals surface area contributed by atoms with Gasteiger partial charge >= 0.3 is 0 Å². The fourth-order valence-electron chi connectivity index (χ4n) is 2.14. The maximum absolute atomic E-state index is 11.5. The third kappa shape index (κ3) is 2.32. The molecule has 1 N–H and O–H groups in total. The number of rotatable bonds is 3. The molecule has 0 bridgehead atoms. The van der Waals surface area contributed by atoms with E-state index in [0.717, 1.165) is 24.3 Å². The molecule has 0 amide bonds. The number of benzene rings is 1. The summed E-state index contributed by atoms with van der Waals surface area (Å²) in [5.74, 6) is 0.734. The molecule has 100 valence electrons. The molecule has 0 saturated heterocycles. The summed E-state index contributed by atoms with van der Waals surface area (Å²) in [6.07, 6.45) is 3.05. The zero-order valence-corrected chi connectivity index (χ0v) is 11.8. The molecule has 1 aromatic carbocycles. The maximum atomic E-state index is 11.5. The van der Waals surface area contributed by atoms with E-state index in [1.807, 2.05) is 0 Å². The van der Waals surface area contributed by atoms with Crippen molar-refractivity contribution in [1.82, 2.24) is 0 Å². The largest absolute Gasteiger partial charge is 0.483 e. The predicted molar refractivity (Wildman–Crippen MR) is 72.0 cm³/mol. The van der Waals surface area contributed by atoms with Crippen LogP contribution in [-0.4, -0.2) is 26.8 Å². The number of fused-ring (bicyclic) bond motifs is 1. The van der Waals surface area contributed by atoms with Crippen molar-refractivity contribution < 1.29 is 13.2 Å². The van der Waals surface area contributed by atoms with E-state index in [2.05, 4.69) is 19.2 Å². The Hall–Kier alpha value is -1.23. The molecule has 5 heteroatoms. The standard InChI is InChI=1S/C13H19NO3S/c1-4-13(5-2)9-14-11-8-10(18(3,15)16)6-7-12(11)17-13/h6-8,14H,4-5,9H2,1-3H3. The summed E-state index contributed by atoms with van der Waals surface area (Å²) in [5.41, 5.74) is 0.579. The van der Waals surface area contributed by atoms with Gasteiger partial charge in [0.1, 0.15) is 11.4 Å². The van der Waals surface area contributed by atoms with Crippen molar-refractivity contribution >= 4 is 15.5 Å². The first-order chi connectivity index (χ1) is 8.40. The molecule has 1 aromatic rings. The first-order valence-corrected chi connectivity index (χ1v) is 8.06. The van der Waals surface area contributed by atoms with Crippen LogP contribution in [0.25, 0.3) is 0 Å². The number of nitrogens with one attached hydrogen (secondary N) is 1. The van der Waals surface area contributed by atoms with Crippen LogP contribution in [-0.2, 0) is 9.84 Å². The Balaban J connectivity index is 2.37. The molecule has 0 aliphatic carbocycles. The maximum Gasteiger partial charge on any atom is 0.175 e. The van der Waals surface area contributed by atoms with Crippen LogP contribution in [0.2, 0.25) is 0 Å². The Bertz CT molecular complexity index is 547. The molecule has 0 atom stereocenters. The summed E-state index contributed by atoms with van der Waals surface area (Å²) >= 11 is 0. The second kappa shape index (κ2) is 4.46. The normalized spacial score (nSPS) is 17.5. The van der Waals surface area contributed by atoms with Gasteiger partial charge in [-0.2, -0.15) is 0 Å². The van der Waals surface area contributed by atoms with Gasteiger partial charge in [0.2, 0.25) is 0 Å². The van der Waals surface area contributed by atoms with Crippen molar-refractivity contribution in [2.45, 2.75) is 37.2 Å². The fourth-order valence-corrected chi connectivity index (χ4v) is 2.78. The molecule has 0 radical (unpaired) electrons. The molecule has 1 aliphatic heterocycles. The molecule has 1 heterocycles. The Morgan fingerprint density at radius 1 is 1.33 bits per heavy atom. The van der Waals surface area contributed by atoms with E-state index < -0.39 is 9.84 Å². The Morgan fingerprint density at radius 2 is 2.00 bits per heavy atom. The van der Waals surface area contributed by atoms with Gasteiger partial charge < -0.3 is 10.1 Å². The average Bonchev–Trinajstić information content (AvgIpc) is 2.36. The fraction of sp³-hybridized carbons (Fsp3) is 0.538. The van der Waals surface area contributed by atoms with E-state index in [-0.39, 0.29) is 5.60 Å². The lowest BCUT2D eigenvalue weighted by atomic mass is 9.95. The van der Waals surface area contributed by atoms with Crippen LogP contribution in [0.4, 0.5) is 5.69 Å². The number of sulfone groups is 1. The zero-order valence-electron chi connectivity index (χ0n) is 11.0. The minimum absolute atomic E-state index is 0.181. The van der Waals surface area contributed by atoms with E-state index in [9.17, 15) is 8.42 Å². The second-order valence-corrected chi connectivity index (χ2v) is 6.79. The Morgan fingerprint density at radius 3 is 2.56 bits per heavy atom. The van der Waals surface area contributed by atoms with Gasteiger partial charge in [-0.05, 0) is 31.0 Å². The summed E-state index contributed by atoms with van der Waals surface area (Å²) in [6.45, 7) is 4.91. The number of hydrogen-bond acceptors (Lipinski definition) is 4. The van der Waals surface area contributed by atoms with E-state index in [1.165, 1.54) is 6.26 Å². The van der Waals surface area contributed by atoms with Crippen LogP contribution in [0.1, 0.15) is 26.7 Å². The summed E-state index contributed by atoms with van der Waals surface area (Å²) in [7, 11) is -3.17. The van der Waals surface area contributed by atoms with E-state index in [4.69, 9.17) is 4.74 Å². The van der Waals surface area contributed by atoms with Crippen molar-refractivity contribution in [2.24, 2.45) is 0 Å². The molecular weight excluding hydrogens is 250 g/mol. The molecule has 0 saturated carbocycles. The summed E-state index contributed by atoms with van der Waals surface area (Å²) in [4.78, 5) is 0.317. The Labute approximate surface area is 108 Å². The van der Waals surface area contributed by atoms with E-state index >= 15 is 0 Å². The molecule has 0 aromatic heterocycles. The van der Waals surface area contributed by atoms with Gasteiger partial charge in [0.15, 0.2) is 9.84 Å². The van der Waals surface area contributed by atoms with Crippen LogP contribution < -0.4 is 10.1 Å². The van der Waals surface area contributed by atoms with Crippen molar-refractivity contribution in [1.29, 1.82) is 0 Å². The lowest BCUT2D eigenvalue weighted by molar-refractivity contribution is 0.0670. The van der Waals surface area contributed by atoms with Crippen molar-refractivity contribution in [3.05, 3.63) is 18.2 Å². The minimum atomic E-state index is -3.17. The number of anilines is 1. The van der Waals surface area contributed by atoms with Gasteiger partial charge in [-0.3, -0.25) is 0 Å². The quantitative estimate of drug-likeness (QED) is 0.915. The highest BCUT2D eigenvalue weighted by molar-refractivity contribution is 7.90. The highest BCUT2D eigenvalue weighted by atomic mass is 32.2. The topological polar surface area (TPSA) is 55.4 Å². The first-order valence-electron chi connectivity index (χ1n) is 6.17. The van der Waals surface area contributed by atoms with Crippen LogP contribution in [0.15, 0.2) is 23.1 Å². The summed E-state index contributed by atoms with van der Waals surface area (Å²) in [6, 6.07) is 4.97. The van der Waals surface area contributed by atoms with Gasteiger partial charge in [0.05, 0.1) is 17.1 Å². The third-order valence-electron chi connectivity index (χ3n) is 3.60. The van der Waals surface area contributed by atoms with Crippen LogP contribution in [0.5, 0.6) is 5.75 Å². The third-order valence-corrected chi connectivity index (χ3v) is 4.71. The minimum Gasteiger partial charge on any atom is -0.483 e. The van der Waals surface area contributed by atoms with Gasteiger partial charge in [-0.25, -0.2) is 8.42 Å². The Kier molecular flexibility index (Phi) is 3.27. The highest BCUT2D eigenvalue weighted by Crippen LogP contribution is 2.37. The SMILES string of the molecule is CCC1(CC)CNc2cc(S(C)(=O)=O)ccc2O1. The molecular formula is C13H19NO3S. The zero-order chi connectivity index (χ0) is 13.4. The van der Waals surface area contributed by atoms with Gasteiger partial charge in [-0.1, -0.05) is 13.8 Å². The summed E-state index contributed by atoms with van der Waals surface area (Å²) in [5, 5.41) is 3.28. The molecule has 4 nitrogen and oxygen atoms in total.